The molecule has 0 aliphatic heterocycles. The van der Waals surface area contributed by atoms with E-state index in [-0.39, 0.29) is 17.0 Å². The second-order valence-electron chi connectivity index (χ2n) is 9.39. The number of rotatable bonds is 19. The lowest BCUT2D eigenvalue weighted by Crippen LogP contribution is -2.25. The van der Waals surface area contributed by atoms with Crippen LogP contribution in [0.25, 0.3) is 0 Å². The summed E-state index contributed by atoms with van der Waals surface area (Å²) in [7, 11) is -6.05. The highest BCUT2D eigenvalue weighted by atomic mass is 31.2. The summed E-state index contributed by atoms with van der Waals surface area (Å²) in [5.41, 5.74) is 5.04. The zero-order valence-corrected chi connectivity index (χ0v) is 20.6. The molecule has 176 valence electrons. The molecule has 0 aromatic rings. The summed E-state index contributed by atoms with van der Waals surface area (Å²) in [6.45, 7) is 11.5. The van der Waals surface area contributed by atoms with Crippen molar-refractivity contribution < 1.29 is 28.4 Å². The second-order valence-corrected chi connectivity index (χ2v) is 12.2. The van der Waals surface area contributed by atoms with Crippen LogP contribution in [0.5, 0.6) is 0 Å². The van der Waals surface area contributed by atoms with Crippen molar-refractivity contribution in [1.29, 1.82) is 0 Å². The first kappa shape index (κ1) is 29.2. The van der Waals surface area contributed by atoms with Crippen molar-refractivity contribution in [3.63, 3.8) is 0 Å². The molecule has 8 nitrogen and oxygen atoms in total. The molecular formula is C19H44N2O6P2. The van der Waals surface area contributed by atoms with Gasteiger partial charge >= 0.3 is 0 Å². The number of hydrogen-bond donors (Lipinski definition) is 4. The quantitative estimate of drug-likeness (QED) is 0.169. The topological polar surface area (TPSA) is 131 Å². The fourth-order valence-corrected chi connectivity index (χ4v) is 5.19. The van der Waals surface area contributed by atoms with Crippen LogP contribution in [0.4, 0.5) is 0 Å². The maximum Gasteiger partial charge on any atom is 0.265 e. The van der Waals surface area contributed by atoms with Gasteiger partial charge < -0.3 is 19.3 Å². The van der Waals surface area contributed by atoms with Crippen LogP contribution < -0.4 is 10.6 Å². The molecule has 0 heterocycles. The zero-order valence-electron chi connectivity index (χ0n) is 18.7. The summed E-state index contributed by atoms with van der Waals surface area (Å²) in [5, 5.41) is 2.63. The van der Waals surface area contributed by atoms with E-state index in [4.69, 9.17) is 19.9 Å². The van der Waals surface area contributed by atoms with E-state index in [1.165, 1.54) is 0 Å². The van der Waals surface area contributed by atoms with E-state index in [0.29, 0.717) is 26.4 Å². The number of nitrogens with two attached hydrogens (primary N) is 1. The van der Waals surface area contributed by atoms with Crippen LogP contribution in [0.2, 0.25) is 0 Å². The summed E-state index contributed by atoms with van der Waals surface area (Å²) >= 11 is 0. The van der Waals surface area contributed by atoms with E-state index >= 15 is 0 Å². The van der Waals surface area contributed by atoms with Crippen LogP contribution in [-0.4, -0.2) is 48.9 Å². The van der Waals surface area contributed by atoms with Crippen molar-refractivity contribution in [1.82, 2.24) is 5.09 Å². The minimum absolute atomic E-state index is 0.00812. The van der Waals surface area contributed by atoms with E-state index < -0.39 is 15.7 Å². The largest absolute Gasteiger partial charge is 0.381 e. The lowest BCUT2D eigenvalue weighted by molar-refractivity contribution is 0.0780. The van der Waals surface area contributed by atoms with Crippen LogP contribution >= 0.6 is 15.7 Å². The van der Waals surface area contributed by atoms with E-state index in [9.17, 15) is 14.0 Å². The molecule has 0 saturated heterocycles. The average Bonchev–Trinajstić information content (AvgIpc) is 2.55. The smallest absolute Gasteiger partial charge is 0.265 e. The van der Waals surface area contributed by atoms with Gasteiger partial charge in [-0.3, -0.25) is 14.6 Å². The molecule has 0 rings (SSSR count). The summed E-state index contributed by atoms with van der Waals surface area (Å²) in [6, 6.07) is 0. The molecule has 0 bridgehead atoms. The van der Waals surface area contributed by atoms with E-state index in [0.717, 1.165) is 51.6 Å². The normalized spacial score (nSPS) is 16.0. The zero-order chi connectivity index (χ0) is 22.4. The molecule has 0 spiro atoms. The molecule has 0 aromatic heterocycles. The molecule has 10 heteroatoms. The molecule has 2 unspecified atom stereocenters. The first-order valence-corrected chi connectivity index (χ1v) is 13.8. The molecule has 5 N–H and O–H groups in total. The van der Waals surface area contributed by atoms with E-state index in [1.807, 2.05) is 13.8 Å². The molecule has 0 amide bonds. The predicted octanol–water partition coefficient (Wildman–Crippen LogP) is 3.92. The van der Waals surface area contributed by atoms with Crippen molar-refractivity contribution in [3.8, 4) is 0 Å². The Morgan fingerprint density at radius 1 is 0.897 bits per heavy atom. The maximum absolute atomic E-state index is 11.3. The van der Waals surface area contributed by atoms with Crippen molar-refractivity contribution in [2.45, 2.75) is 72.6 Å². The van der Waals surface area contributed by atoms with Gasteiger partial charge in [-0.2, -0.15) is 0 Å². The molecule has 0 radical (unpaired) electrons. The number of hydrogen-bond acceptors (Lipinski definition) is 4. The summed E-state index contributed by atoms with van der Waals surface area (Å²) in [6.07, 6.45) is 6.75. The van der Waals surface area contributed by atoms with Crippen LogP contribution in [-0.2, 0) is 18.6 Å². The Bertz CT molecular complexity index is 497. The predicted molar refractivity (Wildman–Crippen MR) is 120 cm³/mol. The summed E-state index contributed by atoms with van der Waals surface area (Å²) in [4.78, 5) is 18.1. The fourth-order valence-electron chi connectivity index (χ4n) is 3.18. The highest BCUT2D eigenvalue weighted by molar-refractivity contribution is 7.55. The van der Waals surface area contributed by atoms with Crippen LogP contribution in [0.15, 0.2) is 0 Å². The summed E-state index contributed by atoms with van der Waals surface area (Å²) < 4.78 is 33.3. The Morgan fingerprint density at radius 3 is 1.79 bits per heavy atom. The Labute approximate surface area is 177 Å². The molecule has 0 aliphatic rings. The van der Waals surface area contributed by atoms with Gasteiger partial charge in [-0.25, -0.2) is 5.09 Å². The number of nitrogens with one attached hydrogen (secondary N) is 1. The Morgan fingerprint density at radius 2 is 1.34 bits per heavy atom. The molecule has 0 saturated carbocycles. The minimum Gasteiger partial charge on any atom is -0.381 e. The van der Waals surface area contributed by atoms with Gasteiger partial charge in [-0.1, -0.05) is 40.5 Å². The third-order valence-electron chi connectivity index (χ3n) is 4.73. The van der Waals surface area contributed by atoms with Crippen molar-refractivity contribution in [2.24, 2.45) is 16.3 Å². The first-order chi connectivity index (χ1) is 13.3. The van der Waals surface area contributed by atoms with Gasteiger partial charge in [0.1, 0.15) is 0 Å². The van der Waals surface area contributed by atoms with Gasteiger partial charge in [0.15, 0.2) is 0 Å². The second kappa shape index (κ2) is 15.1. The van der Waals surface area contributed by atoms with Crippen molar-refractivity contribution >= 4 is 15.7 Å². The first-order valence-electron chi connectivity index (χ1n) is 10.6. The SMILES string of the molecule is CC(C)(CCCCOCCCOCCCCC(C)(C)CP(N)(=O)O)CN[PH](=O)O. The monoisotopic (exact) mass is 458 g/mol. The lowest BCUT2D eigenvalue weighted by atomic mass is 9.87. The molecule has 29 heavy (non-hydrogen) atoms. The van der Waals surface area contributed by atoms with Gasteiger partial charge in [0.2, 0.25) is 0 Å². The maximum atomic E-state index is 11.3. The Kier molecular flexibility index (Phi) is 15.2. The van der Waals surface area contributed by atoms with Gasteiger partial charge in [0, 0.05) is 39.1 Å². The van der Waals surface area contributed by atoms with Crippen molar-refractivity contribution in [2.75, 3.05) is 39.1 Å². The number of unbranched alkanes of at least 4 members (excludes halogenated alkanes) is 2. The minimum atomic E-state index is -3.45. The van der Waals surface area contributed by atoms with Gasteiger partial charge in [0.05, 0.1) is 0 Å². The van der Waals surface area contributed by atoms with Crippen LogP contribution in [0.3, 0.4) is 0 Å². The highest BCUT2D eigenvalue weighted by Gasteiger charge is 2.26. The number of ether oxygens (including phenoxy) is 2. The third kappa shape index (κ3) is 21.2. The van der Waals surface area contributed by atoms with Crippen LogP contribution in [0, 0.1) is 10.8 Å². The highest BCUT2D eigenvalue weighted by Crippen LogP contribution is 2.40. The standard InChI is InChI=1S/C19H44N2O6P2/c1-18(2,16-21-28(22)23)10-5-7-12-26-14-9-15-27-13-8-6-11-19(3,4)17-29(20,24)25/h28H,5-17H2,1-4H3,(H3,20,24,25)(H2,21,22,23). The average molecular weight is 459 g/mol. The van der Waals surface area contributed by atoms with Crippen molar-refractivity contribution in [3.05, 3.63) is 0 Å². The van der Waals surface area contributed by atoms with Gasteiger partial charge in [-0.15, -0.1) is 0 Å². The Balaban J connectivity index is 3.46. The Hall–Kier alpha value is 0.220. The third-order valence-corrected chi connectivity index (χ3v) is 6.52. The van der Waals surface area contributed by atoms with Gasteiger partial charge in [0.25, 0.3) is 15.7 Å². The fraction of sp³-hybridized carbons (Fsp3) is 1.00. The lowest BCUT2D eigenvalue weighted by Gasteiger charge is -2.25. The molecule has 0 aromatic carbocycles. The van der Waals surface area contributed by atoms with Crippen LogP contribution in [0.1, 0.15) is 72.6 Å². The molecule has 0 fully saturated rings. The van der Waals surface area contributed by atoms with E-state index in [1.54, 1.807) is 0 Å². The molecule has 0 aliphatic carbocycles. The van der Waals surface area contributed by atoms with Gasteiger partial charge in [-0.05, 0) is 42.9 Å². The summed E-state index contributed by atoms with van der Waals surface area (Å²) in [5.74, 6) is 0. The van der Waals surface area contributed by atoms with E-state index in [2.05, 4.69) is 18.9 Å². The molecular weight excluding hydrogens is 414 g/mol. The molecule has 2 atom stereocenters.